The molecule has 0 radical (unpaired) electrons. The summed E-state index contributed by atoms with van der Waals surface area (Å²) in [5.41, 5.74) is 1.89. The predicted molar refractivity (Wildman–Crippen MR) is 77.2 cm³/mol. The van der Waals surface area contributed by atoms with Crippen molar-refractivity contribution in [3.05, 3.63) is 21.6 Å². The van der Waals surface area contributed by atoms with Crippen LogP contribution in [0, 0.1) is 0 Å². The topological polar surface area (TPSA) is 70.2 Å². The number of fused-ring (bicyclic) bond motifs is 1. The van der Waals surface area contributed by atoms with Gasteiger partial charge >= 0.3 is 0 Å². The fourth-order valence-corrected chi connectivity index (χ4v) is 2.86. The molecule has 0 unspecified atom stereocenters. The van der Waals surface area contributed by atoms with E-state index >= 15 is 0 Å². The first-order chi connectivity index (χ1) is 9.83. The molecule has 1 aliphatic carbocycles. The van der Waals surface area contributed by atoms with Crippen LogP contribution < -0.4 is 10.9 Å². The molecule has 0 saturated carbocycles. The zero-order valence-corrected chi connectivity index (χ0v) is 11.8. The smallest absolute Gasteiger partial charge is 0.255 e. The van der Waals surface area contributed by atoms with Gasteiger partial charge in [0.05, 0.1) is 18.9 Å². The van der Waals surface area contributed by atoms with E-state index in [2.05, 4.69) is 20.2 Å². The molecule has 3 rings (SSSR count). The highest BCUT2D eigenvalue weighted by Gasteiger charge is 2.16. The Morgan fingerprint density at radius 3 is 3.00 bits per heavy atom. The Hall–Kier alpha value is -1.40. The number of rotatable bonds is 5. The van der Waals surface area contributed by atoms with Gasteiger partial charge in [-0.15, -0.1) is 0 Å². The number of nitrogens with zero attached hydrogens (tertiary/aromatic N) is 2. The van der Waals surface area contributed by atoms with E-state index in [9.17, 15) is 4.79 Å². The van der Waals surface area contributed by atoms with Gasteiger partial charge in [0.1, 0.15) is 0 Å². The summed E-state index contributed by atoms with van der Waals surface area (Å²) < 4.78 is 5.32. The van der Waals surface area contributed by atoms with Gasteiger partial charge in [0.25, 0.3) is 5.56 Å². The molecule has 0 atom stereocenters. The molecule has 0 aromatic carbocycles. The summed E-state index contributed by atoms with van der Waals surface area (Å²) in [5.74, 6) is 0.623. The molecule has 1 aromatic rings. The summed E-state index contributed by atoms with van der Waals surface area (Å²) in [6.45, 7) is 5.62. The minimum Gasteiger partial charge on any atom is -0.379 e. The molecule has 2 heterocycles. The maximum Gasteiger partial charge on any atom is 0.255 e. The highest BCUT2D eigenvalue weighted by molar-refractivity contribution is 5.32. The van der Waals surface area contributed by atoms with Crippen LogP contribution in [0.15, 0.2) is 4.79 Å². The molecule has 110 valence electrons. The molecule has 6 nitrogen and oxygen atoms in total. The van der Waals surface area contributed by atoms with E-state index in [4.69, 9.17) is 4.74 Å². The van der Waals surface area contributed by atoms with Crippen LogP contribution in [0.4, 0.5) is 5.95 Å². The van der Waals surface area contributed by atoms with Gasteiger partial charge in [0.15, 0.2) is 0 Å². The summed E-state index contributed by atoms with van der Waals surface area (Å²) in [4.78, 5) is 21.6. The Labute approximate surface area is 118 Å². The highest BCUT2D eigenvalue weighted by Crippen LogP contribution is 2.16. The fraction of sp³-hybridized carbons (Fsp3) is 0.714. The van der Waals surface area contributed by atoms with Gasteiger partial charge in [-0.1, -0.05) is 0 Å². The van der Waals surface area contributed by atoms with Crippen molar-refractivity contribution >= 4 is 5.95 Å². The van der Waals surface area contributed by atoms with Gasteiger partial charge in [-0.3, -0.25) is 14.7 Å². The lowest BCUT2D eigenvalue weighted by molar-refractivity contribution is 0.0378. The molecule has 2 N–H and O–H groups in total. The third-order valence-electron chi connectivity index (χ3n) is 3.99. The first kappa shape index (κ1) is 13.6. The lowest BCUT2D eigenvalue weighted by Crippen LogP contribution is -2.37. The molecular formula is C14H22N4O2. The Morgan fingerprint density at radius 1 is 1.30 bits per heavy atom. The minimum atomic E-state index is 0.0307. The number of H-pyrrole nitrogens is 1. The van der Waals surface area contributed by atoms with E-state index < -0.39 is 0 Å². The molecule has 0 amide bonds. The second-order valence-corrected chi connectivity index (χ2v) is 5.43. The van der Waals surface area contributed by atoms with Crippen LogP contribution in [0.2, 0.25) is 0 Å². The van der Waals surface area contributed by atoms with Crippen molar-refractivity contribution in [3.8, 4) is 0 Å². The third kappa shape index (κ3) is 3.19. The number of ether oxygens (including phenoxy) is 1. The second kappa shape index (κ2) is 6.37. The molecule has 1 fully saturated rings. The molecule has 1 saturated heterocycles. The number of nitrogens with one attached hydrogen (secondary N) is 2. The van der Waals surface area contributed by atoms with Gasteiger partial charge in [0.2, 0.25) is 5.95 Å². The van der Waals surface area contributed by atoms with Crippen LogP contribution >= 0.6 is 0 Å². The van der Waals surface area contributed by atoms with Gasteiger partial charge < -0.3 is 10.1 Å². The lowest BCUT2D eigenvalue weighted by atomic mass is 10.3. The van der Waals surface area contributed by atoms with E-state index in [0.29, 0.717) is 5.95 Å². The largest absolute Gasteiger partial charge is 0.379 e. The van der Waals surface area contributed by atoms with Crippen molar-refractivity contribution in [1.29, 1.82) is 0 Å². The Balaban J connectivity index is 1.46. The normalized spacial score (nSPS) is 19.0. The van der Waals surface area contributed by atoms with Crippen molar-refractivity contribution in [1.82, 2.24) is 14.9 Å². The molecule has 6 heteroatoms. The second-order valence-electron chi connectivity index (χ2n) is 5.43. The average molecular weight is 278 g/mol. The molecule has 20 heavy (non-hydrogen) atoms. The van der Waals surface area contributed by atoms with Crippen molar-refractivity contribution in [2.45, 2.75) is 25.7 Å². The summed E-state index contributed by atoms with van der Waals surface area (Å²) in [7, 11) is 0. The van der Waals surface area contributed by atoms with E-state index in [-0.39, 0.29) is 5.56 Å². The van der Waals surface area contributed by atoms with E-state index in [0.717, 1.165) is 76.3 Å². The Morgan fingerprint density at radius 2 is 2.15 bits per heavy atom. The van der Waals surface area contributed by atoms with Crippen LogP contribution in [0.25, 0.3) is 0 Å². The molecule has 1 aromatic heterocycles. The van der Waals surface area contributed by atoms with Crippen LogP contribution in [-0.4, -0.2) is 54.3 Å². The fourth-order valence-electron chi connectivity index (χ4n) is 2.86. The molecule has 2 aliphatic rings. The summed E-state index contributed by atoms with van der Waals surface area (Å²) in [5, 5.41) is 3.23. The number of aromatic amines is 1. The van der Waals surface area contributed by atoms with Gasteiger partial charge in [-0.05, 0) is 32.2 Å². The lowest BCUT2D eigenvalue weighted by Gasteiger charge is -2.26. The number of anilines is 1. The molecular weight excluding hydrogens is 256 g/mol. The van der Waals surface area contributed by atoms with E-state index in [1.807, 2.05) is 0 Å². The maximum absolute atomic E-state index is 11.9. The molecule has 0 spiro atoms. The van der Waals surface area contributed by atoms with Crippen molar-refractivity contribution < 1.29 is 4.74 Å². The van der Waals surface area contributed by atoms with E-state index in [1.165, 1.54) is 0 Å². The summed E-state index contributed by atoms with van der Waals surface area (Å²) >= 11 is 0. The van der Waals surface area contributed by atoms with Gasteiger partial charge in [-0.2, -0.15) is 0 Å². The Bertz CT molecular complexity index is 508. The Kier molecular flexibility index (Phi) is 4.32. The zero-order chi connectivity index (χ0) is 13.8. The van der Waals surface area contributed by atoms with E-state index in [1.54, 1.807) is 0 Å². The van der Waals surface area contributed by atoms with Crippen LogP contribution in [0.5, 0.6) is 0 Å². The number of aromatic nitrogens is 2. The highest BCUT2D eigenvalue weighted by atomic mass is 16.5. The van der Waals surface area contributed by atoms with Crippen molar-refractivity contribution in [3.63, 3.8) is 0 Å². The van der Waals surface area contributed by atoms with Crippen molar-refractivity contribution in [2.24, 2.45) is 0 Å². The van der Waals surface area contributed by atoms with Gasteiger partial charge in [0, 0.05) is 25.2 Å². The number of aryl methyl sites for hydroxylation is 1. The summed E-state index contributed by atoms with van der Waals surface area (Å²) in [6.07, 6.45) is 3.89. The molecule has 0 bridgehead atoms. The number of morpholine rings is 1. The predicted octanol–water partition coefficient (Wildman–Crippen LogP) is 0.393. The van der Waals surface area contributed by atoms with Crippen LogP contribution in [0.3, 0.4) is 0 Å². The summed E-state index contributed by atoms with van der Waals surface area (Å²) in [6, 6.07) is 0. The number of hydrogen-bond donors (Lipinski definition) is 2. The zero-order valence-electron chi connectivity index (χ0n) is 11.8. The maximum atomic E-state index is 11.9. The quantitative estimate of drug-likeness (QED) is 0.763. The number of hydrogen-bond acceptors (Lipinski definition) is 5. The average Bonchev–Trinajstić information content (AvgIpc) is 2.94. The molecule has 1 aliphatic heterocycles. The first-order valence-electron chi connectivity index (χ1n) is 7.49. The third-order valence-corrected chi connectivity index (χ3v) is 3.99. The monoisotopic (exact) mass is 278 g/mol. The minimum absolute atomic E-state index is 0.0307. The van der Waals surface area contributed by atoms with Crippen molar-refractivity contribution in [2.75, 3.05) is 44.7 Å². The SMILES string of the molecule is O=c1[nH]c(NCCCN2CCOCC2)nc2c1CCC2. The van der Waals surface area contributed by atoms with Crippen LogP contribution in [0.1, 0.15) is 24.1 Å². The van der Waals surface area contributed by atoms with Crippen LogP contribution in [-0.2, 0) is 17.6 Å². The standard InChI is InChI=1S/C14H22N4O2/c19-13-11-3-1-4-12(11)16-14(17-13)15-5-2-6-18-7-9-20-10-8-18/h1-10H2,(H2,15,16,17,19). The first-order valence-corrected chi connectivity index (χ1v) is 7.49. The van der Waals surface area contributed by atoms with Gasteiger partial charge in [-0.25, -0.2) is 4.98 Å².